The van der Waals surface area contributed by atoms with E-state index in [4.69, 9.17) is 0 Å². The number of hydrogen-bond acceptors (Lipinski definition) is 0. The lowest BCUT2D eigenvalue weighted by Gasteiger charge is -1.48. The molecular formula is C18H52. The van der Waals surface area contributed by atoms with E-state index >= 15 is 0 Å². The van der Waals surface area contributed by atoms with Gasteiger partial charge in [0.15, 0.2) is 0 Å². The van der Waals surface area contributed by atoms with Gasteiger partial charge in [-0.3, -0.25) is 0 Å². The van der Waals surface area contributed by atoms with Gasteiger partial charge in [0, 0.05) is 0 Å². The monoisotopic (exact) mass is 268 g/mol. The average Bonchev–Trinajstić information content (AvgIpc) is 2.41. The molecule has 0 radical (unpaired) electrons. The molecular weight excluding hydrogens is 216 g/mol. The van der Waals surface area contributed by atoms with Gasteiger partial charge in [-0.05, 0) is 0 Å². The Labute approximate surface area is 124 Å². The summed E-state index contributed by atoms with van der Waals surface area (Å²) in [5.74, 6) is 0. The van der Waals surface area contributed by atoms with E-state index in [2.05, 4.69) is 41.5 Å². The summed E-state index contributed by atoms with van der Waals surface area (Å²) in [6.45, 7) is 28.8. The van der Waals surface area contributed by atoms with E-state index in [1.807, 2.05) is 55.4 Å². The molecule has 0 fully saturated rings. The summed E-state index contributed by atoms with van der Waals surface area (Å²) in [5, 5.41) is 0. The van der Waals surface area contributed by atoms with Crippen molar-refractivity contribution in [3.05, 3.63) is 0 Å². The lowest BCUT2D eigenvalue weighted by Crippen LogP contribution is -1.27. The third-order valence-electron chi connectivity index (χ3n) is 0. The topological polar surface area (TPSA) is 0 Å². The predicted octanol–water partition coefficient (Wildman–Crippen LogP) is 8.99. The fourth-order valence-corrected chi connectivity index (χ4v) is 0. The standard InChI is InChI=1S/3C3H8.4C2H6.CH4/c3*1-3-2;4*1-2;/h3*3H2,1-2H3;4*1-2H3;1H4. The van der Waals surface area contributed by atoms with Gasteiger partial charge >= 0.3 is 0 Å². The molecule has 0 aromatic rings. The third-order valence-corrected chi connectivity index (χ3v) is 0. The second-order valence-electron chi connectivity index (χ2n) is 2.12. The van der Waals surface area contributed by atoms with Crippen molar-refractivity contribution in [2.24, 2.45) is 0 Å². The molecule has 0 bridgehead atoms. The molecule has 0 amide bonds. The van der Waals surface area contributed by atoms with E-state index in [0.717, 1.165) is 0 Å². The van der Waals surface area contributed by atoms with Crippen LogP contribution in [0.4, 0.5) is 0 Å². The largest absolute Gasteiger partial charge is 0.0776 e. The zero-order valence-corrected chi connectivity index (χ0v) is 16.1. The highest BCUT2D eigenvalue weighted by atomic mass is 13.4. The van der Waals surface area contributed by atoms with Crippen molar-refractivity contribution < 1.29 is 0 Å². The first kappa shape index (κ1) is 52.0. The van der Waals surface area contributed by atoms with Gasteiger partial charge in [-0.15, -0.1) is 0 Å². The minimum atomic E-state index is 0. The fraction of sp³-hybridized carbons (Fsp3) is 1.00. The summed E-state index contributed by atoms with van der Waals surface area (Å²) in [4.78, 5) is 0. The summed E-state index contributed by atoms with van der Waals surface area (Å²) in [7, 11) is 0. The van der Waals surface area contributed by atoms with Gasteiger partial charge in [0.05, 0.1) is 0 Å². The van der Waals surface area contributed by atoms with Crippen LogP contribution in [0.2, 0.25) is 0 Å². The highest BCUT2D eigenvalue weighted by Gasteiger charge is 1.36. The van der Waals surface area contributed by atoms with Crippen molar-refractivity contribution in [2.45, 2.75) is 124 Å². The van der Waals surface area contributed by atoms with Crippen LogP contribution in [-0.2, 0) is 0 Å². The molecule has 0 saturated heterocycles. The van der Waals surface area contributed by atoms with Crippen molar-refractivity contribution in [3.63, 3.8) is 0 Å². The molecule has 18 heavy (non-hydrogen) atoms. The van der Waals surface area contributed by atoms with E-state index in [9.17, 15) is 0 Å². The van der Waals surface area contributed by atoms with Crippen LogP contribution in [-0.4, -0.2) is 0 Å². The first-order chi connectivity index (χ1) is 8.24. The molecule has 0 heterocycles. The van der Waals surface area contributed by atoms with E-state index in [0.29, 0.717) is 0 Å². The van der Waals surface area contributed by atoms with Crippen LogP contribution < -0.4 is 0 Å². The summed E-state index contributed by atoms with van der Waals surface area (Å²) >= 11 is 0. The highest BCUT2D eigenvalue weighted by Crippen LogP contribution is 1.56. The van der Waals surface area contributed by atoms with Gasteiger partial charge in [-0.1, -0.05) is 124 Å². The third kappa shape index (κ3) is 0. The molecule has 0 saturated carbocycles. The Morgan fingerprint density at radius 2 is 0.333 bits per heavy atom. The molecule has 0 N–H and O–H groups in total. The molecule has 124 valence electrons. The van der Waals surface area contributed by atoms with Crippen molar-refractivity contribution in [1.82, 2.24) is 0 Å². The second kappa shape index (κ2) is 484. The fourth-order valence-electron chi connectivity index (χ4n) is 0. The maximum absolute atomic E-state index is 2.12. The lowest BCUT2D eigenvalue weighted by atomic mass is 10.6. The van der Waals surface area contributed by atoms with Crippen LogP contribution in [0, 0.1) is 0 Å². The Hall–Kier alpha value is 0. The quantitative estimate of drug-likeness (QED) is 0.411. The average molecular weight is 269 g/mol. The molecule has 0 aliphatic carbocycles. The molecule has 0 aromatic heterocycles. The molecule has 0 aromatic carbocycles. The van der Waals surface area contributed by atoms with Gasteiger partial charge in [0.2, 0.25) is 0 Å². The molecule has 0 spiro atoms. The minimum absolute atomic E-state index is 0. The van der Waals surface area contributed by atoms with Crippen LogP contribution in [0.5, 0.6) is 0 Å². The van der Waals surface area contributed by atoms with E-state index in [1.54, 1.807) is 0 Å². The van der Waals surface area contributed by atoms with Crippen molar-refractivity contribution in [3.8, 4) is 0 Å². The summed E-state index contributed by atoms with van der Waals surface area (Å²) in [5.41, 5.74) is 0. The normalized spacial score (nSPS) is 4.33. The first-order valence-electron chi connectivity index (χ1n) is 8.24. The first-order valence-corrected chi connectivity index (χ1v) is 8.24. The van der Waals surface area contributed by atoms with Crippen molar-refractivity contribution in [2.75, 3.05) is 0 Å². The van der Waals surface area contributed by atoms with Gasteiger partial charge < -0.3 is 0 Å². The van der Waals surface area contributed by atoms with Gasteiger partial charge in [0.25, 0.3) is 0 Å². The second-order valence-corrected chi connectivity index (χ2v) is 2.12. The van der Waals surface area contributed by atoms with E-state index < -0.39 is 0 Å². The molecule has 0 aliphatic rings. The van der Waals surface area contributed by atoms with Crippen molar-refractivity contribution in [1.29, 1.82) is 0 Å². The molecule has 0 atom stereocenters. The zero-order valence-electron chi connectivity index (χ0n) is 16.1. The summed E-state index contributed by atoms with van der Waals surface area (Å²) in [6.07, 6.45) is 3.75. The van der Waals surface area contributed by atoms with Gasteiger partial charge in [-0.25, -0.2) is 0 Å². The van der Waals surface area contributed by atoms with Crippen LogP contribution in [0.1, 0.15) is 124 Å². The van der Waals surface area contributed by atoms with Crippen LogP contribution >= 0.6 is 0 Å². The summed E-state index contributed by atoms with van der Waals surface area (Å²) < 4.78 is 0. The van der Waals surface area contributed by atoms with E-state index in [-0.39, 0.29) is 7.43 Å². The van der Waals surface area contributed by atoms with Crippen LogP contribution in [0.3, 0.4) is 0 Å². The summed E-state index contributed by atoms with van der Waals surface area (Å²) in [6, 6.07) is 0. The minimum Gasteiger partial charge on any atom is -0.0776 e. The Bertz CT molecular complexity index is 4.75. The Morgan fingerprint density at radius 3 is 0.333 bits per heavy atom. The van der Waals surface area contributed by atoms with Gasteiger partial charge in [0.1, 0.15) is 0 Å². The molecule has 0 rings (SSSR count). The lowest BCUT2D eigenvalue weighted by molar-refractivity contribution is 1.09. The Morgan fingerprint density at radius 1 is 0.333 bits per heavy atom. The van der Waals surface area contributed by atoms with Gasteiger partial charge in [-0.2, -0.15) is 0 Å². The molecule has 0 aliphatic heterocycles. The highest BCUT2D eigenvalue weighted by molar-refractivity contribution is 3.92. The maximum Gasteiger partial charge on any atom is -0.0590 e. The maximum atomic E-state index is 2.12. The van der Waals surface area contributed by atoms with Crippen LogP contribution in [0.15, 0.2) is 0 Å². The Kier molecular flexibility index (Phi) is 1400. The number of rotatable bonds is 0. The SMILES string of the molecule is C.CC.CC.CC.CC.CCC.CCC.CCC. The van der Waals surface area contributed by atoms with E-state index in [1.165, 1.54) is 19.3 Å². The molecule has 0 unspecified atom stereocenters. The van der Waals surface area contributed by atoms with Crippen molar-refractivity contribution >= 4 is 0 Å². The molecule has 0 heteroatoms. The van der Waals surface area contributed by atoms with Crippen LogP contribution in [0.25, 0.3) is 0 Å². The number of hydrogen-bond donors (Lipinski definition) is 0. The smallest absolute Gasteiger partial charge is 0.0590 e. The Balaban J connectivity index is -0.0000000108. The predicted molar refractivity (Wildman–Crippen MR) is 100 cm³/mol. The molecule has 0 nitrogen and oxygen atoms in total. The zero-order chi connectivity index (χ0) is 16.1.